The average Bonchev–Trinajstić information content (AvgIpc) is 2.13. The molecule has 1 unspecified atom stereocenters. The van der Waals surface area contributed by atoms with E-state index < -0.39 is 41.8 Å². The third-order valence-electron chi connectivity index (χ3n) is 2.16. The Morgan fingerprint density at radius 1 is 1.06 bits per heavy atom. The highest BCUT2D eigenvalue weighted by Gasteiger charge is 2.40. The molecule has 0 saturated heterocycles. The summed E-state index contributed by atoms with van der Waals surface area (Å²) in [7, 11) is 0. The first-order chi connectivity index (χ1) is 8.01. The molecule has 0 saturated carbocycles. The van der Waals surface area contributed by atoms with E-state index in [2.05, 4.69) is 0 Å². The third kappa shape index (κ3) is 3.59. The van der Waals surface area contributed by atoms with Gasteiger partial charge in [0.25, 0.3) is 0 Å². The Kier molecular flexibility index (Phi) is 3.89. The highest BCUT2D eigenvalue weighted by Crippen LogP contribution is 2.34. The van der Waals surface area contributed by atoms with Crippen molar-refractivity contribution in [2.75, 3.05) is 0 Å². The summed E-state index contributed by atoms with van der Waals surface area (Å²) < 4.78 is 86.2. The molecule has 0 heterocycles. The van der Waals surface area contributed by atoms with Gasteiger partial charge < -0.3 is 5.11 Å². The first-order valence-electron chi connectivity index (χ1n) is 4.62. The second kappa shape index (κ2) is 4.75. The Bertz CT molecular complexity index is 421. The van der Waals surface area contributed by atoms with Crippen LogP contribution in [0, 0.1) is 5.82 Å². The summed E-state index contributed by atoms with van der Waals surface area (Å²) in [5.41, 5.74) is -2.33. The van der Waals surface area contributed by atoms with Crippen molar-refractivity contribution in [1.82, 2.24) is 0 Å². The van der Waals surface area contributed by atoms with Gasteiger partial charge in [-0.2, -0.15) is 26.3 Å². The fraction of sp³-hybridized carbons (Fsp3) is 0.400. The minimum Gasteiger partial charge on any atom is -0.383 e. The van der Waals surface area contributed by atoms with Crippen LogP contribution in [0.3, 0.4) is 0 Å². The monoisotopic (exact) mass is 276 g/mol. The van der Waals surface area contributed by atoms with Crippen molar-refractivity contribution in [3.05, 3.63) is 35.1 Å². The summed E-state index contributed by atoms with van der Waals surface area (Å²) in [6.45, 7) is 0. The van der Waals surface area contributed by atoms with E-state index in [1.54, 1.807) is 0 Å². The van der Waals surface area contributed by atoms with Gasteiger partial charge in [0.1, 0.15) is 5.82 Å². The van der Waals surface area contributed by atoms with Crippen LogP contribution in [0.25, 0.3) is 0 Å². The lowest BCUT2D eigenvalue weighted by molar-refractivity contribution is -0.203. The quantitative estimate of drug-likeness (QED) is 0.822. The van der Waals surface area contributed by atoms with Crippen LogP contribution in [0.1, 0.15) is 11.1 Å². The molecule has 0 aliphatic rings. The highest BCUT2D eigenvalue weighted by molar-refractivity contribution is 5.31. The molecule has 0 aliphatic heterocycles. The molecule has 1 nitrogen and oxygen atoms in total. The van der Waals surface area contributed by atoms with E-state index in [0.29, 0.717) is 18.2 Å². The molecule has 1 rings (SSSR count). The molecule has 8 heteroatoms. The first kappa shape index (κ1) is 14.7. The summed E-state index contributed by atoms with van der Waals surface area (Å²) in [6, 6.07) is 1.16. The van der Waals surface area contributed by atoms with Crippen molar-refractivity contribution in [2.24, 2.45) is 0 Å². The summed E-state index contributed by atoms with van der Waals surface area (Å²) in [6.07, 6.45) is -14.3. The van der Waals surface area contributed by atoms with Gasteiger partial charge in [-0.25, -0.2) is 4.39 Å². The number of rotatable bonds is 2. The van der Waals surface area contributed by atoms with E-state index in [9.17, 15) is 30.7 Å². The summed E-state index contributed by atoms with van der Waals surface area (Å²) >= 11 is 0. The van der Waals surface area contributed by atoms with Gasteiger partial charge in [0.05, 0.1) is 5.56 Å². The molecule has 102 valence electrons. The number of halogens is 7. The van der Waals surface area contributed by atoms with Crippen LogP contribution in [0.5, 0.6) is 0 Å². The van der Waals surface area contributed by atoms with Crippen molar-refractivity contribution in [1.29, 1.82) is 0 Å². The standard InChI is InChI=1S/C10H7F7O/c11-6-1-2-7(9(12,13)14)5(3-6)4-8(18)10(15,16)17/h1-3,8,18H,4H2. The number of aliphatic hydroxyl groups is 1. The molecule has 1 atom stereocenters. The molecule has 0 amide bonds. The second-order valence-electron chi connectivity index (χ2n) is 3.56. The van der Waals surface area contributed by atoms with Gasteiger partial charge >= 0.3 is 12.4 Å². The third-order valence-corrected chi connectivity index (χ3v) is 2.16. The minimum absolute atomic E-state index is 0.331. The second-order valence-corrected chi connectivity index (χ2v) is 3.56. The van der Waals surface area contributed by atoms with E-state index in [-0.39, 0.29) is 0 Å². The van der Waals surface area contributed by atoms with Crippen molar-refractivity contribution >= 4 is 0 Å². The fourth-order valence-corrected chi connectivity index (χ4v) is 1.33. The van der Waals surface area contributed by atoms with Crippen molar-refractivity contribution in [3.63, 3.8) is 0 Å². The topological polar surface area (TPSA) is 20.2 Å². The lowest BCUT2D eigenvalue weighted by Crippen LogP contribution is -2.31. The first-order valence-corrected chi connectivity index (χ1v) is 4.62. The van der Waals surface area contributed by atoms with E-state index >= 15 is 0 Å². The van der Waals surface area contributed by atoms with Crippen molar-refractivity contribution in [2.45, 2.75) is 24.9 Å². The summed E-state index contributed by atoms with van der Waals surface area (Å²) in [4.78, 5) is 0. The number of aliphatic hydroxyl groups excluding tert-OH is 1. The maximum absolute atomic E-state index is 12.8. The van der Waals surface area contributed by atoms with Gasteiger partial charge in [-0.05, 0) is 23.8 Å². The lowest BCUT2D eigenvalue weighted by atomic mass is 10.0. The molecule has 1 N–H and O–H groups in total. The highest BCUT2D eigenvalue weighted by atomic mass is 19.4. The van der Waals surface area contributed by atoms with Gasteiger partial charge in [0.2, 0.25) is 0 Å². The molecular formula is C10H7F7O. The molecule has 1 aromatic rings. The zero-order chi connectivity index (χ0) is 14.1. The molecular weight excluding hydrogens is 269 g/mol. The molecule has 0 spiro atoms. The number of alkyl halides is 6. The van der Waals surface area contributed by atoms with E-state index in [1.165, 1.54) is 0 Å². The van der Waals surface area contributed by atoms with E-state index in [4.69, 9.17) is 5.11 Å². The SMILES string of the molecule is OC(Cc1cc(F)ccc1C(F)(F)F)C(F)(F)F. The lowest BCUT2D eigenvalue weighted by Gasteiger charge is -2.18. The fourth-order valence-electron chi connectivity index (χ4n) is 1.33. The maximum atomic E-state index is 12.8. The Morgan fingerprint density at radius 2 is 1.61 bits per heavy atom. The Labute approximate surface area is 96.8 Å². The zero-order valence-corrected chi connectivity index (χ0v) is 8.61. The van der Waals surface area contributed by atoms with Crippen LogP contribution in [0.4, 0.5) is 30.7 Å². The average molecular weight is 276 g/mol. The molecule has 18 heavy (non-hydrogen) atoms. The predicted molar refractivity (Wildman–Crippen MR) is 47.2 cm³/mol. The Hall–Kier alpha value is -1.31. The van der Waals surface area contributed by atoms with Gasteiger partial charge in [-0.1, -0.05) is 0 Å². The predicted octanol–water partition coefficient (Wildman–Crippen LogP) is 3.31. The number of hydrogen-bond donors (Lipinski definition) is 1. The molecule has 1 aromatic carbocycles. The van der Waals surface area contributed by atoms with Gasteiger partial charge in [-0.3, -0.25) is 0 Å². The molecule has 0 fully saturated rings. The van der Waals surface area contributed by atoms with Gasteiger partial charge in [-0.15, -0.1) is 0 Å². The van der Waals surface area contributed by atoms with Crippen LogP contribution in [-0.2, 0) is 12.6 Å². The Balaban J connectivity index is 3.11. The van der Waals surface area contributed by atoms with E-state index in [1.807, 2.05) is 0 Å². The van der Waals surface area contributed by atoms with Gasteiger partial charge in [0, 0.05) is 6.42 Å². The van der Waals surface area contributed by atoms with Crippen LogP contribution in [0.2, 0.25) is 0 Å². The van der Waals surface area contributed by atoms with Crippen LogP contribution in [-0.4, -0.2) is 17.4 Å². The zero-order valence-electron chi connectivity index (χ0n) is 8.61. The summed E-state index contributed by atoms with van der Waals surface area (Å²) in [5.74, 6) is -1.10. The molecule has 0 aromatic heterocycles. The summed E-state index contributed by atoms with van der Waals surface area (Å²) in [5, 5.41) is 8.71. The van der Waals surface area contributed by atoms with E-state index in [0.717, 1.165) is 0 Å². The number of benzene rings is 1. The van der Waals surface area contributed by atoms with Crippen LogP contribution in [0.15, 0.2) is 18.2 Å². The minimum atomic E-state index is -5.06. The largest absolute Gasteiger partial charge is 0.416 e. The van der Waals surface area contributed by atoms with Gasteiger partial charge in [0.15, 0.2) is 6.10 Å². The smallest absolute Gasteiger partial charge is 0.383 e. The molecule has 0 aliphatic carbocycles. The van der Waals surface area contributed by atoms with Crippen LogP contribution >= 0.6 is 0 Å². The molecule has 0 radical (unpaired) electrons. The van der Waals surface area contributed by atoms with Crippen molar-refractivity contribution in [3.8, 4) is 0 Å². The maximum Gasteiger partial charge on any atom is 0.416 e. The van der Waals surface area contributed by atoms with Crippen molar-refractivity contribution < 1.29 is 35.8 Å². The Morgan fingerprint density at radius 3 is 2.06 bits per heavy atom. The number of hydrogen-bond acceptors (Lipinski definition) is 1. The normalized spacial score (nSPS) is 14.7. The molecule has 0 bridgehead atoms. The van der Waals surface area contributed by atoms with Crippen LogP contribution < -0.4 is 0 Å².